The van der Waals surface area contributed by atoms with Crippen LogP contribution >= 0.6 is 24.0 Å². The lowest BCUT2D eigenvalue weighted by Gasteiger charge is -2.08. The Morgan fingerprint density at radius 2 is 1.96 bits per heavy atom. The molecule has 0 aliphatic heterocycles. The van der Waals surface area contributed by atoms with Crippen molar-refractivity contribution in [3.8, 4) is 5.75 Å². The van der Waals surface area contributed by atoms with E-state index in [2.05, 4.69) is 15.6 Å². The van der Waals surface area contributed by atoms with Crippen LogP contribution in [0.15, 0.2) is 53.5 Å². The van der Waals surface area contributed by atoms with Crippen molar-refractivity contribution in [2.24, 2.45) is 10.7 Å². The number of ether oxygens (including phenoxy) is 1. The Bertz CT molecular complexity index is 738. The van der Waals surface area contributed by atoms with Crippen LogP contribution in [0, 0.1) is 5.82 Å². The molecule has 0 saturated carbocycles. The predicted molar refractivity (Wildman–Crippen MR) is 112 cm³/mol. The Balaban J connectivity index is 0.00000338. The summed E-state index contributed by atoms with van der Waals surface area (Å²) in [7, 11) is 1.59. The first-order valence-electron chi connectivity index (χ1n) is 7.79. The summed E-state index contributed by atoms with van der Waals surface area (Å²) in [5.74, 6) is 0.491. The van der Waals surface area contributed by atoms with E-state index in [1.54, 1.807) is 25.3 Å². The molecule has 0 spiro atoms. The third-order valence-electron chi connectivity index (χ3n) is 3.34. The second kappa shape index (κ2) is 11.3. The topological polar surface area (TPSA) is 88.7 Å². The number of methoxy groups -OCH3 is 1. The van der Waals surface area contributed by atoms with Crippen molar-refractivity contribution in [1.82, 2.24) is 5.32 Å². The largest absolute Gasteiger partial charge is 0.497 e. The molecular formula is C18H22FIN4O2. The van der Waals surface area contributed by atoms with Gasteiger partial charge in [-0.25, -0.2) is 4.39 Å². The van der Waals surface area contributed by atoms with Gasteiger partial charge in [0, 0.05) is 18.3 Å². The molecular weight excluding hydrogens is 450 g/mol. The molecule has 140 valence electrons. The fourth-order valence-electron chi connectivity index (χ4n) is 2.11. The fraction of sp³-hybridized carbons (Fsp3) is 0.222. The number of guanidine groups is 1. The van der Waals surface area contributed by atoms with E-state index in [0.717, 1.165) is 11.3 Å². The zero-order chi connectivity index (χ0) is 18.1. The van der Waals surface area contributed by atoms with Crippen LogP contribution in [0.5, 0.6) is 5.75 Å². The number of aliphatic imine (C=N–C) groups is 1. The normalized spacial score (nSPS) is 10.6. The van der Waals surface area contributed by atoms with Crippen LogP contribution in [0.1, 0.15) is 5.56 Å². The van der Waals surface area contributed by atoms with Crippen LogP contribution in [-0.4, -0.2) is 32.1 Å². The predicted octanol–water partition coefficient (Wildman–Crippen LogP) is 2.54. The Morgan fingerprint density at radius 3 is 2.65 bits per heavy atom. The number of amides is 1. The van der Waals surface area contributed by atoms with E-state index in [1.807, 2.05) is 18.2 Å². The Hall–Kier alpha value is -2.36. The highest BCUT2D eigenvalue weighted by atomic mass is 127. The van der Waals surface area contributed by atoms with Gasteiger partial charge in [0.2, 0.25) is 5.91 Å². The summed E-state index contributed by atoms with van der Waals surface area (Å²) >= 11 is 0. The monoisotopic (exact) mass is 472 g/mol. The zero-order valence-electron chi connectivity index (χ0n) is 14.4. The number of halogens is 2. The number of rotatable bonds is 7. The van der Waals surface area contributed by atoms with Gasteiger partial charge in [-0.15, -0.1) is 24.0 Å². The van der Waals surface area contributed by atoms with Crippen LogP contribution in [0.25, 0.3) is 0 Å². The van der Waals surface area contributed by atoms with Gasteiger partial charge in [-0.3, -0.25) is 9.79 Å². The second-order valence-corrected chi connectivity index (χ2v) is 5.28. The molecule has 8 heteroatoms. The number of hydrogen-bond acceptors (Lipinski definition) is 3. The highest BCUT2D eigenvalue weighted by molar-refractivity contribution is 14.0. The maximum absolute atomic E-state index is 12.8. The molecule has 0 radical (unpaired) electrons. The molecule has 0 bridgehead atoms. The molecule has 6 nitrogen and oxygen atoms in total. The molecule has 1 amide bonds. The van der Waals surface area contributed by atoms with Crippen LogP contribution in [0.3, 0.4) is 0 Å². The van der Waals surface area contributed by atoms with Crippen molar-refractivity contribution in [3.05, 3.63) is 59.9 Å². The molecule has 0 heterocycles. The van der Waals surface area contributed by atoms with Crippen molar-refractivity contribution in [3.63, 3.8) is 0 Å². The van der Waals surface area contributed by atoms with Crippen LogP contribution in [-0.2, 0) is 11.2 Å². The minimum Gasteiger partial charge on any atom is -0.497 e. The van der Waals surface area contributed by atoms with Gasteiger partial charge in [-0.05, 0) is 29.8 Å². The molecule has 26 heavy (non-hydrogen) atoms. The van der Waals surface area contributed by atoms with Crippen molar-refractivity contribution in [1.29, 1.82) is 0 Å². The lowest BCUT2D eigenvalue weighted by molar-refractivity contribution is -0.120. The third-order valence-corrected chi connectivity index (χ3v) is 3.34. The van der Waals surface area contributed by atoms with Crippen molar-refractivity contribution >= 4 is 41.5 Å². The minimum atomic E-state index is -0.322. The molecule has 0 aromatic heterocycles. The summed E-state index contributed by atoms with van der Waals surface area (Å²) in [4.78, 5) is 15.9. The summed E-state index contributed by atoms with van der Waals surface area (Å²) in [6, 6.07) is 13.1. The van der Waals surface area contributed by atoms with Crippen LogP contribution in [0.4, 0.5) is 10.1 Å². The molecule has 4 N–H and O–H groups in total. The molecule has 0 unspecified atom stereocenters. The van der Waals surface area contributed by atoms with E-state index in [0.29, 0.717) is 18.8 Å². The number of anilines is 1. The standard InChI is InChI=1S/C18H21FN4O2.HI/c1-25-16-4-2-3-15(12-16)23-18(20)22-10-9-21-17(24)11-13-5-7-14(19)8-6-13;/h2-8,12H,9-11H2,1H3,(H,21,24)(H3,20,22,23);1H. The summed E-state index contributed by atoms with van der Waals surface area (Å²) in [6.07, 6.45) is 0.196. The molecule has 0 aliphatic rings. The van der Waals surface area contributed by atoms with Crippen LogP contribution < -0.4 is 21.1 Å². The molecule has 2 aromatic rings. The van der Waals surface area contributed by atoms with Gasteiger partial charge in [-0.1, -0.05) is 18.2 Å². The quantitative estimate of drug-likeness (QED) is 0.250. The summed E-state index contributed by atoms with van der Waals surface area (Å²) in [5, 5.41) is 5.69. The molecule has 2 rings (SSSR count). The second-order valence-electron chi connectivity index (χ2n) is 5.28. The number of hydrogen-bond donors (Lipinski definition) is 3. The molecule has 2 aromatic carbocycles. The first-order chi connectivity index (χ1) is 12.1. The Labute approximate surface area is 169 Å². The van der Waals surface area contributed by atoms with Crippen molar-refractivity contribution in [2.75, 3.05) is 25.5 Å². The maximum Gasteiger partial charge on any atom is 0.224 e. The van der Waals surface area contributed by atoms with Gasteiger partial charge >= 0.3 is 0 Å². The zero-order valence-corrected chi connectivity index (χ0v) is 16.7. The number of benzene rings is 2. The number of carbonyl (C=O) groups is 1. The van der Waals surface area contributed by atoms with Gasteiger partial charge in [0.1, 0.15) is 11.6 Å². The molecule has 0 atom stereocenters. The SMILES string of the molecule is COc1cccc(NC(N)=NCCNC(=O)Cc2ccc(F)cc2)c1.I. The lowest BCUT2D eigenvalue weighted by Crippen LogP contribution is -2.29. The summed E-state index contributed by atoms with van der Waals surface area (Å²) in [5.41, 5.74) is 7.32. The van der Waals surface area contributed by atoms with E-state index in [9.17, 15) is 9.18 Å². The maximum atomic E-state index is 12.8. The first-order valence-corrected chi connectivity index (χ1v) is 7.79. The van der Waals surface area contributed by atoms with E-state index >= 15 is 0 Å². The van der Waals surface area contributed by atoms with Crippen LogP contribution in [0.2, 0.25) is 0 Å². The summed E-state index contributed by atoms with van der Waals surface area (Å²) in [6.45, 7) is 0.707. The highest BCUT2D eigenvalue weighted by Gasteiger charge is 2.03. The first kappa shape index (κ1) is 21.7. The average molecular weight is 472 g/mol. The van der Waals surface area contributed by atoms with E-state index in [1.165, 1.54) is 12.1 Å². The van der Waals surface area contributed by atoms with E-state index in [-0.39, 0.29) is 48.1 Å². The number of nitrogens with one attached hydrogen (secondary N) is 2. The minimum absolute atomic E-state index is 0. The Morgan fingerprint density at radius 1 is 1.23 bits per heavy atom. The Kier molecular flexibility index (Phi) is 9.42. The third kappa shape index (κ3) is 7.68. The lowest BCUT2D eigenvalue weighted by atomic mass is 10.1. The van der Waals surface area contributed by atoms with E-state index in [4.69, 9.17) is 10.5 Å². The molecule has 0 saturated heterocycles. The van der Waals surface area contributed by atoms with Gasteiger partial charge in [-0.2, -0.15) is 0 Å². The molecule has 0 aliphatic carbocycles. The van der Waals surface area contributed by atoms with Crippen molar-refractivity contribution in [2.45, 2.75) is 6.42 Å². The van der Waals surface area contributed by atoms with Gasteiger partial charge in [0.15, 0.2) is 5.96 Å². The number of nitrogens with zero attached hydrogens (tertiary/aromatic N) is 1. The number of carbonyl (C=O) groups excluding carboxylic acids is 1. The summed E-state index contributed by atoms with van der Waals surface area (Å²) < 4.78 is 17.9. The molecule has 0 fully saturated rings. The number of nitrogens with two attached hydrogens (primary N) is 1. The van der Waals surface area contributed by atoms with Gasteiger partial charge < -0.3 is 21.1 Å². The van der Waals surface area contributed by atoms with E-state index < -0.39 is 0 Å². The van der Waals surface area contributed by atoms with Crippen molar-refractivity contribution < 1.29 is 13.9 Å². The highest BCUT2D eigenvalue weighted by Crippen LogP contribution is 2.16. The van der Waals surface area contributed by atoms with Gasteiger partial charge in [0.05, 0.1) is 20.1 Å². The smallest absolute Gasteiger partial charge is 0.224 e. The average Bonchev–Trinajstić information content (AvgIpc) is 2.61. The fourth-order valence-corrected chi connectivity index (χ4v) is 2.11. The van der Waals surface area contributed by atoms with Gasteiger partial charge in [0.25, 0.3) is 0 Å².